The summed E-state index contributed by atoms with van der Waals surface area (Å²) in [5.74, 6) is -0.178. The molecule has 0 fully saturated rings. The molecule has 0 saturated heterocycles. The van der Waals surface area contributed by atoms with Crippen molar-refractivity contribution in [1.29, 1.82) is 0 Å². The van der Waals surface area contributed by atoms with Gasteiger partial charge in [-0.15, -0.1) is 5.10 Å². The van der Waals surface area contributed by atoms with Crippen molar-refractivity contribution >= 4 is 5.97 Å². The lowest BCUT2D eigenvalue weighted by Crippen LogP contribution is -2.13. The Morgan fingerprint density at radius 2 is 1.94 bits per heavy atom. The predicted molar refractivity (Wildman–Crippen MR) is 60.4 cm³/mol. The number of hydrogen-bond donors (Lipinski definition) is 1. The number of carbonyl (C=O) groups is 1. The summed E-state index contributed by atoms with van der Waals surface area (Å²) in [5.41, 5.74) is 0.825. The van der Waals surface area contributed by atoms with Gasteiger partial charge in [-0.3, -0.25) is 0 Å². The van der Waals surface area contributed by atoms with Crippen LogP contribution in [0.5, 0.6) is 0 Å². The van der Waals surface area contributed by atoms with Gasteiger partial charge in [0.2, 0.25) is 0 Å². The summed E-state index contributed by atoms with van der Waals surface area (Å²) >= 11 is 0. The van der Waals surface area contributed by atoms with Gasteiger partial charge in [0, 0.05) is 6.54 Å². The molecule has 16 heavy (non-hydrogen) atoms. The number of nitrogens with zero attached hydrogens (tertiary/aromatic N) is 3. The van der Waals surface area contributed by atoms with Crippen LogP contribution in [0.15, 0.2) is 0 Å². The smallest absolute Gasteiger partial charge is 0.358 e. The Hall–Kier alpha value is -1.39. The number of carboxylic acids is 1. The van der Waals surface area contributed by atoms with E-state index in [1.165, 1.54) is 0 Å². The molecular formula is C11H19N3O2. The summed E-state index contributed by atoms with van der Waals surface area (Å²) in [7, 11) is 0. The minimum Gasteiger partial charge on any atom is -0.476 e. The Morgan fingerprint density at radius 3 is 2.38 bits per heavy atom. The summed E-state index contributed by atoms with van der Waals surface area (Å²) in [6.45, 7) is 8.96. The number of aromatic nitrogens is 3. The molecular weight excluding hydrogens is 206 g/mol. The molecule has 0 aliphatic rings. The lowest BCUT2D eigenvalue weighted by atomic mass is 10.1. The Bertz CT molecular complexity index is 369. The summed E-state index contributed by atoms with van der Waals surface area (Å²) in [6.07, 6.45) is 0.696. The highest BCUT2D eigenvalue weighted by molar-refractivity contribution is 5.86. The molecule has 5 heteroatoms. The second kappa shape index (κ2) is 5.09. The van der Waals surface area contributed by atoms with E-state index in [9.17, 15) is 4.79 Å². The van der Waals surface area contributed by atoms with E-state index in [2.05, 4.69) is 38.0 Å². The zero-order chi connectivity index (χ0) is 12.3. The first-order chi connectivity index (χ1) is 7.41. The van der Waals surface area contributed by atoms with Gasteiger partial charge in [0.15, 0.2) is 5.69 Å². The highest BCUT2D eigenvalue weighted by Gasteiger charge is 2.19. The molecule has 0 radical (unpaired) electrons. The molecule has 0 bridgehead atoms. The van der Waals surface area contributed by atoms with Crippen LogP contribution >= 0.6 is 0 Å². The summed E-state index contributed by atoms with van der Waals surface area (Å²) in [5, 5.41) is 16.7. The third-order valence-electron chi connectivity index (χ3n) is 2.18. The van der Waals surface area contributed by atoms with Crippen LogP contribution < -0.4 is 0 Å². The van der Waals surface area contributed by atoms with E-state index in [-0.39, 0.29) is 5.69 Å². The van der Waals surface area contributed by atoms with Crippen molar-refractivity contribution in [3.63, 3.8) is 0 Å². The van der Waals surface area contributed by atoms with Gasteiger partial charge >= 0.3 is 5.97 Å². The van der Waals surface area contributed by atoms with E-state index in [1.54, 1.807) is 4.68 Å². The van der Waals surface area contributed by atoms with Gasteiger partial charge in [0.05, 0.1) is 5.69 Å². The molecule has 90 valence electrons. The zero-order valence-corrected chi connectivity index (χ0v) is 10.3. The second-order valence-corrected chi connectivity index (χ2v) is 4.86. The fraction of sp³-hybridized carbons (Fsp3) is 0.727. The van der Waals surface area contributed by atoms with Crippen LogP contribution in [0.1, 0.15) is 43.9 Å². The summed E-state index contributed by atoms with van der Waals surface area (Å²) in [4.78, 5) is 11.0. The Morgan fingerprint density at radius 1 is 1.31 bits per heavy atom. The maximum Gasteiger partial charge on any atom is 0.358 e. The highest BCUT2D eigenvalue weighted by Crippen LogP contribution is 2.13. The quantitative estimate of drug-likeness (QED) is 0.830. The SMILES string of the molecule is CC(C)Cc1c(C(=O)O)nnn1CC(C)C. The fourth-order valence-electron chi connectivity index (χ4n) is 1.58. The van der Waals surface area contributed by atoms with E-state index >= 15 is 0 Å². The Labute approximate surface area is 95.5 Å². The van der Waals surface area contributed by atoms with Gasteiger partial charge in [0.25, 0.3) is 0 Å². The first-order valence-corrected chi connectivity index (χ1v) is 5.57. The topological polar surface area (TPSA) is 68.0 Å². The normalized spacial score (nSPS) is 11.4. The van der Waals surface area contributed by atoms with Crippen LogP contribution in [-0.4, -0.2) is 26.1 Å². The molecule has 1 rings (SSSR count). The maximum atomic E-state index is 11.0. The van der Waals surface area contributed by atoms with Crippen LogP contribution in [0.25, 0.3) is 0 Å². The van der Waals surface area contributed by atoms with Gasteiger partial charge in [-0.05, 0) is 18.3 Å². The molecule has 0 aliphatic heterocycles. The molecule has 0 spiro atoms. The number of carboxylic acid groups (broad SMARTS) is 1. The summed E-state index contributed by atoms with van der Waals surface area (Å²) in [6, 6.07) is 0. The average Bonchev–Trinajstić information content (AvgIpc) is 2.47. The van der Waals surface area contributed by atoms with Gasteiger partial charge < -0.3 is 5.11 Å². The predicted octanol–water partition coefficient (Wildman–Crippen LogP) is 1.83. The van der Waals surface area contributed by atoms with Crippen molar-refractivity contribution in [3.8, 4) is 0 Å². The van der Waals surface area contributed by atoms with Gasteiger partial charge in [-0.1, -0.05) is 32.9 Å². The minimum absolute atomic E-state index is 0.0920. The molecule has 1 heterocycles. The van der Waals surface area contributed by atoms with Crippen LogP contribution in [0.2, 0.25) is 0 Å². The number of rotatable bonds is 5. The van der Waals surface area contributed by atoms with Gasteiger partial charge in [-0.2, -0.15) is 0 Å². The molecule has 0 atom stereocenters. The van der Waals surface area contributed by atoms with E-state index in [0.717, 1.165) is 5.69 Å². The number of hydrogen-bond acceptors (Lipinski definition) is 3. The molecule has 0 aliphatic carbocycles. The second-order valence-electron chi connectivity index (χ2n) is 4.86. The maximum absolute atomic E-state index is 11.0. The first kappa shape index (κ1) is 12.7. The van der Waals surface area contributed by atoms with Gasteiger partial charge in [0.1, 0.15) is 0 Å². The molecule has 0 unspecified atom stereocenters. The van der Waals surface area contributed by atoms with Crippen LogP contribution in [0, 0.1) is 11.8 Å². The standard InChI is InChI=1S/C11H19N3O2/c1-7(2)5-9-10(11(15)16)12-13-14(9)6-8(3)4/h7-8H,5-6H2,1-4H3,(H,15,16). The summed E-state index contributed by atoms with van der Waals surface area (Å²) < 4.78 is 1.72. The fourth-order valence-corrected chi connectivity index (χ4v) is 1.58. The molecule has 5 nitrogen and oxygen atoms in total. The lowest BCUT2D eigenvalue weighted by Gasteiger charge is -2.10. The first-order valence-electron chi connectivity index (χ1n) is 5.57. The van der Waals surface area contributed by atoms with Crippen molar-refractivity contribution in [2.24, 2.45) is 11.8 Å². The molecule has 0 saturated carbocycles. The van der Waals surface area contributed by atoms with E-state index < -0.39 is 5.97 Å². The third kappa shape index (κ3) is 3.05. The van der Waals surface area contributed by atoms with Crippen molar-refractivity contribution in [2.45, 2.75) is 40.7 Å². The highest BCUT2D eigenvalue weighted by atomic mass is 16.4. The molecule has 0 aromatic carbocycles. The number of aromatic carboxylic acids is 1. The average molecular weight is 225 g/mol. The minimum atomic E-state index is -0.995. The Balaban J connectivity index is 3.03. The largest absolute Gasteiger partial charge is 0.476 e. The van der Waals surface area contributed by atoms with Crippen molar-refractivity contribution in [1.82, 2.24) is 15.0 Å². The van der Waals surface area contributed by atoms with E-state index in [0.29, 0.717) is 24.8 Å². The molecule has 1 aromatic rings. The Kier molecular flexibility index (Phi) is 4.04. The lowest BCUT2D eigenvalue weighted by molar-refractivity contribution is 0.0689. The monoisotopic (exact) mass is 225 g/mol. The third-order valence-corrected chi connectivity index (χ3v) is 2.18. The van der Waals surface area contributed by atoms with Crippen molar-refractivity contribution in [2.75, 3.05) is 0 Å². The van der Waals surface area contributed by atoms with Gasteiger partial charge in [-0.25, -0.2) is 9.48 Å². The van der Waals surface area contributed by atoms with E-state index in [1.807, 2.05) is 0 Å². The van der Waals surface area contributed by atoms with Crippen molar-refractivity contribution < 1.29 is 9.90 Å². The molecule has 1 aromatic heterocycles. The van der Waals surface area contributed by atoms with Crippen LogP contribution in [0.4, 0.5) is 0 Å². The van der Waals surface area contributed by atoms with Crippen LogP contribution in [0.3, 0.4) is 0 Å². The molecule has 0 amide bonds. The van der Waals surface area contributed by atoms with Crippen LogP contribution in [-0.2, 0) is 13.0 Å². The van der Waals surface area contributed by atoms with E-state index in [4.69, 9.17) is 5.11 Å². The van der Waals surface area contributed by atoms with Crippen molar-refractivity contribution in [3.05, 3.63) is 11.4 Å². The molecule has 1 N–H and O–H groups in total. The zero-order valence-electron chi connectivity index (χ0n) is 10.3.